The van der Waals surface area contributed by atoms with Crippen molar-refractivity contribution in [2.24, 2.45) is 0 Å². The molecule has 8 heteroatoms. The van der Waals surface area contributed by atoms with Crippen LogP contribution >= 0.6 is 0 Å². The van der Waals surface area contributed by atoms with E-state index in [1.807, 2.05) is 34.9 Å². The summed E-state index contributed by atoms with van der Waals surface area (Å²) in [7, 11) is 1.63. The highest BCUT2D eigenvalue weighted by molar-refractivity contribution is 5.91. The van der Waals surface area contributed by atoms with Crippen LogP contribution in [0.3, 0.4) is 0 Å². The van der Waals surface area contributed by atoms with Gasteiger partial charge in [0.1, 0.15) is 29.0 Å². The summed E-state index contributed by atoms with van der Waals surface area (Å²) in [6.07, 6.45) is 3.19. The fourth-order valence-corrected chi connectivity index (χ4v) is 3.06. The van der Waals surface area contributed by atoms with Gasteiger partial charge in [-0.2, -0.15) is 4.98 Å². The number of nitrogen functional groups attached to an aromatic ring is 1. The molecule has 0 unspecified atom stereocenters. The number of rotatable bonds is 4. The van der Waals surface area contributed by atoms with Crippen molar-refractivity contribution in [1.29, 1.82) is 0 Å². The van der Waals surface area contributed by atoms with E-state index in [4.69, 9.17) is 15.5 Å². The van der Waals surface area contributed by atoms with Crippen molar-refractivity contribution in [1.82, 2.24) is 29.5 Å². The highest BCUT2D eigenvalue weighted by Crippen LogP contribution is 2.33. The summed E-state index contributed by atoms with van der Waals surface area (Å²) in [5, 5.41) is 0. The molecule has 0 atom stereocenters. The molecule has 0 radical (unpaired) electrons. The largest absolute Gasteiger partial charge is 0.497 e. The molecule has 4 rings (SSSR count). The fraction of sp³-hybridized carbons (Fsp3) is 0.211. The molecule has 3 aromatic heterocycles. The minimum absolute atomic E-state index is 0.104. The molecule has 0 bridgehead atoms. The summed E-state index contributed by atoms with van der Waals surface area (Å²) in [5.74, 6) is 1.62. The molecule has 0 aliphatic heterocycles. The summed E-state index contributed by atoms with van der Waals surface area (Å²) in [4.78, 5) is 22.1. The van der Waals surface area contributed by atoms with Gasteiger partial charge in [0.2, 0.25) is 5.95 Å². The molecule has 0 amide bonds. The lowest BCUT2D eigenvalue weighted by atomic mass is 10.1. The number of nitrogens with two attached hydrogens (primary N) is 1. The van der Waals surface area contributed by atoms with E-state index in [0.29, 0.717) is 28.4 Å². The third kappa shape index (κ3) is 2.95. The van der Waals surface area contributed by atoms with Crippen molar-refractivity contribution in [3.05, 3.63) is 42.9 Å². The van der Waals surface area contributed by atoms with E-state index in [1.54, 1.807) is 13.3 Å². The second kappa shape index (κ2) is 6.64. The van der Waals surface area contributed by atoms with Crippen molar-refractivity contribution < 1.29 is 4.74 Å². The third-order valence-corrected chi connectivity index (χ3v) is 4.23. The van der Waals surface area contributed by atoms with Gasteiger partial charge in [-0.25, -0.2) is 19.9 Å². The first-order chi connectivity index (χ1) is 13.1. The van der Waals surface area contributed by atoms with Crippen LogP contribution in [0.5, 0.6) is 5.75 Å². The number of imidazole rings is 1. The Morgan fingerprint density at radius 2 is 1.96 bits per heavy atom. The number of nitrogens with zero attached hydrogens (tertiary/aromatic N) is 6. The quantitative estimate of drug-likeness (QED) is 0.595. The first-order valence-corrected chi connectivity index (χ1v) is 8.54. The summed E-state index contributed by atoms with van der Waals surface area (Å²) in [5.41, 5.74) is 9.60. The molecule has 3 heterocycles. The van der Waals surface area contributed by atoms with Crippen LogP contribution in [0.25, 0.3) is 33.9 Å². The lowest BCUT2D eigenvalue weighted by molar-refractivity contribution is 0.415. The normalized spacial score (nSPS) is 11.3. The summed E-state index contributed by atoms with van der Waals surface area (Å²) in [6, 6.07) is 9.56. The molecule has 0 saturated heterocycles. The highest BCUT2D eigenvalue weighted by atomic mass is 16.5. The van der Waals surface area contributed by atoms with Gasteiger partial charge >= 0.3 is 0 Å². The van der Waals surface area contributed by atoms with Crippen LogP contribution in [0.15, 0.2) is 42.9 Å². The zero-order valence-electron chi connectivity index (χ0n) is 15.3. The molecule has 4 aromatic rings. The van der Waals surface area contributed by atoms with E-state index >= 15 is 0 Å². The summed E-state index contributed by atoms with van der Waals surface area (Å²) < 4.78 is 7.35. The molecule has 27 heavy (non-hydrogen) atoms. The predicted molar refractivity (Wildman–Crippen MR) is 103 cm³/mol. The standard InChI is InChI=1S/C19H19N7O/c1-11(2)26-17(14-7-8-21-10-22-14)23-16-15(24-19(20)25-18(16)26)12-5-4-6-13(9-12)27-3/h4-11H,1-3H3,(H2,20,24,25). The molecule has 1 aromatic carbocycles. The third-order valence-electron chi connectivity index (χ3n) is 4.23. The number of fused-ring (bicyclic) bond motifs is 1. The number of hydrogen-bond acceptors (Lipinski definition) is 7. The average molecular weight is 361 g/mol. The Kier molecular flexibility index (Phi) is 4.15. The van der Waals surface area contributed by atoms with Gasteiger partial charge in [-0.05, 0) is 32.0 Å². The van der Waals surface area contributed by atoms with Crippen molar-refractivity contribution in [3.8, 4) is 28.5 Å². The minimum atomic E-state index is 0.104. The van der Waals surface area contributed by atoms with Crippen LogP contribution in [0.1, 0.15) is 19.9 Å². The molecular weight excluding hydrogens is 342 g/mol. The van der Waals surface area contributed by atoms with E-state index in [-0.39, 0.29) is 12.0 Å². The lowest BCUT2D eigenvalue weighted by Gasteiger charge is -2.12. The molecule has 136 valence electrons. The van der Waals surface area contributed by atoms with Crippen molar-refractivity contribution in [2.45, 2.75) is 19.9 Å². The van der Waals surface area contributed by atoms with Crippen LogP contribution in [-0.4, -0.2) is 36.6 Å². The van der Waals surface area contributed by atoms with E-state index < -0.39 is 0 Å². The lowest BCUT2D eigenvalue weighted by Crippen LogP contribution is -2.06. The van der Waals surface area contributed by atoms with Gasteiger partial charge in [0.25, 0.3) is 0 Å². The van der Waals surface area contributed by atoms with Gasteiger partial charge in [0, 0.05) is 17.8 Å². The van der Waals surface area contributed by atoms with Gasteiger partial charge in [-0.1, -0.05) is 12.1 Å². The number of ether oxygens (including phenoxy) is 1. The SMILES string of the molecule is COc1cccc(-c2nc(N)nc3c2nc(-c2ccncn2)n3C(C)C)c1. The van der Waals surface area contributed by atoms with Crippen LogP contribution in [0.2, 0.25) is 0 Å². The smallest absolute Gasteiger partial charge is 0.222 e. The van der Waals surface area contributed by atoms with E-state index in [9.17, 15) is 0 Å². The molecule has 0 fully saturated rings. The van der Waals surface area contributed by atoms with Gasteiger partial charge in [-0.15, -0.1) is 0 Å². The number of methoxy groups -OCH3 is 1. The first kappa shape index (κ1) is 16.9. The number of hydrogen-bond donors (Lipinski definition) is 1. The molecular formula is C19H19N7O. The minimum Gasteiger partial charge on any atom is -0.497 e. The number of anilines is 1. The van der Waals surface area contributed by atoms with E-state index in [0.717, 1.165) is 11.3 Å². The second-order valence-electron chi connectivity index (χ2n) is 6.33. The zero-order valence-corrected chi connectivity index (χ0v) is 15.3. The Balaban J connectivity index is 2.04. The monoisotopic (exact) mass is 361 g/mol. The van der Waals surface area contributed by atoms with Crippen molar-refractivity contribution in [2.75, 3.05) is 12.8 Å². The Bertz CT molecular complexity index is 1110. The Morgan fingerprint density at radius 1 is 1.11 bits per heavy atom. The van der Waals surface area contributed by atoms with Crippen molar-refractivity contribution in [3.63, 3.8) is 0 Å². The Morgan fingerprint density at radius 3 is 2.67 bits per heavy atom. The predicted octanol–water partition coefficient (Wildman–Crippen LogP) is 3.12. The van der Waals surface area contributed by atoms with Gasteiger partial charge in [0.05, 0.1) is 7.11 Å². The van der Waals surface area contributed by atoms with E-state index in [2.05, 4.69) is 33.8 Å². The molecule has 0 aliphatic carbocycles. The van der Waals surface area contributed by atoms with Gasteiger partial charge in [0.15, 0.2) is 11.5 Å². The molecule has 0 spiro atoms. The van der Waals surface area contributed by atoms with Crippen LogP contribution < -0.4 is 10.5 Å². The number of aromatic nitrogens is 6. The maximum absolute atomic E-state index is 6.03. The molecule has 0 aliphatic rings. The topological polar surface area (TPSA) is 105 Å². The zero-order chi connectivity index (χ0) is 19.0. The van der Waals surface area contributed by atoms with Crippen molar-refractivity contribution >= 4 is 17.1 Å². The average Bonchev–Trinajstić information content (AvgIpc) is 3.07. The second-order valence-corrected chi connectivity index (χ2v) is 6.33. The number of benzene rings is 1. The first-order valence-electron chi connectivity index (χ1n) is 8.54. The summed E-state index contributed by atoms with van der Waals surface area (Å²) >= 11 is 0. The van der Waals surface area contributed by atoms with Gasteiger partial charge in [-0.3, -0.25) is 0 Å². The Hall–Kier alpha value is -3.55. The molecule has 8 nitrogen and oxygen atoms in total. The summed E-state index contributed by atoms with van der Waals surface area (Å²) in [6.45, 7) is 4.13. The van der Waals surface area contributed by atoms with Crippen LogP contribution in [0, 0.1) is 0 Å². The van der Waals surface area contributed by atoms with Gasteiger partial charge < -0.3 is 15.0 Å². The Labute approximate surface area is 156 Å². The van der Waals surface area contributed by atoms with Crippen LogP contribution in [-0.2, 0) is 0 Å². The molecule has 2 N–H and O–H groups in total. The van der Waals surface area contributed by atoms with Crippen LogP contribution in [0.4, 0.5) is 5.95 Å². The molecule has 0 saturated carbocycles. The fourth-order valence-electron chi connectivity index (χ4n) is 3.06. The maximum atomic E-state index is 6.03. The van der Waals surface area contributed by atoms with E-state index in [1.165, 1.54) is 6.33 Å². The maximum Gasteiger partial charge on any atom is 0.222 e. The highest BCUT2D eigenvalue weighted by Gasteiger charge is 2.21.